The Hall–Kier alpha value is -1.93. The van der Waals surface area contributed by atoms with Crippen LogP contribution in [0.15, 0.2) is 35.2 Å². The van der Waals surface area contributed by atoms with E-state index in [4.69, 9.17) is 11.6 Å². The summed E-state index contributed by atoms with van der Waals surface area (Å²) in [5.41, 5.74) is 4.98. The standard InChI is InChI=1S/C27H38ClN3O3S/c1-17-13-25(18(2)12-23(17)28)35(33,34)31-19(3)14-26(32)30-24-9-7-8-21-15-20(10-11-22(21)24)16-29-27(4,5)6/h10-13,15,19,24,29,31H,7-9,14,16H2,1-6H3,(H,30,32)/t19-,24+/m0/s1. The number of hydrogen-bond acceptors (Lipinski definition) is 4. The van der Waals surface area contributed by atoms with E-state index in [0.29, 0.717) is 16.1 Å². The Morgan fingerprint density at radius 1 is 1.14 bits per heavy atom. The van der Waals surface area contributed by atoms with E-state index in [1.165, 1.54) is 11.1 Å². The monoisotopic (exact) mass is 519 g/mol. The lowest BCUT2D eigenvalue weighted by molar-refractivity contribution is -0.122. The Balaban J connectivity index is 1.62. The average Bonchev–Trinajstić information content (AvgIpc) is 2.73. The highest BCUT2D eigenvalue weighted by atomic mass is 35.5. The maximum absolute atomic E-state index is 12.9. The number of aryl methyl sites for hydroxylation is 3. The molecule has 192 valence electrons. The van der Waals surface area contributed by atoms with Crippen molar-refractivity contribution in [1.82, 2.24) is 15.4 Å². The van der Waals surface area contributed by atoms with Gasteiger partial charge in [-0.15, -0.1) is 0 Å². The summed E-state index contributed by atoms with van der Waals surface area (Å²) < 4.78 is 28.5. The Morgan fingerprint density at radius 3 is 2.54 bits per heavy atom. The molecule has 0 radical (unpaired) electrons. The van der Waals surface area contributed by atoms with Gasteiger partial charge in [-0.05, 0) is 101 Å². The van der Waals surface area contributed by atoms with Crippen molar-refractivity contribution in [3.05, 3.63) is 63.2 Å². The topological polar surface area (TPSA) is 87.3 Å². The summed E-state index contributed by atoms with van der Waals surface area (Å²) >= 11 is 6.11. The number of benzene rings is 2. The predicted molar refractivity (Wildman–Crippen MR) is 142 cm³/mol. The Labute approximate surface area is 215 Å². The maximum atomic E-state index is 12.9. The fourth-order valence-corrected chi connectivity index (χ4v) is 6.21. The van der Waals surface area contributed by atoms with Gasteiger partial charge in [0.05, 0.1) is 10.9 Å². The van der Waals surface area contributed by atoms with Gasteiger partial charge in [0.25, 0.3) is 0 Å². The molecule has 0 saturated carbocycles. The molecule has 2 aromatic rings. The summed E-state index contributed by atoms with van der Waals surface area (Å²) in [6, 6.07) is 9.08. The third-order valence-electron chi connectivity index (χ3n) is 6.27. The molecule has 0 heterocycles. The van der Waals surface area contributed by atoms with Crippen molar-refractivity contribution in [3.8, 4) is 0 Å². The first-order chi connectivity index (χ1) is 16.2. The summed E-state index contributed by atoms with van der Waals surface area (Å²) in [6.07, 6.45) is 2.94. The molecule has 0 unspecified atom stereocenters. The van der Waals surface area contributed by atoms with Gasteiger partial charge in [-0.1, -0.05) is 29.8 Å². The number of rotatable bonds is 8. The molecule has 0 aliphatic heterocycles. The van der Waals surface area contributed by atoms with Crippen molar-refractivity contribution in [2.45, 2.75) is 96.3 Å². The van der Waals surface area contributed by atoms with Gasteiger partial charge in [0.1, 0.15) is 0 Å². The average molecular weight is 520 g/mol. The SMILES string of the molecule is Cc1cc(S(=O)(=O)N[C@@H](C)CC(=O)N[C@@H]2CCCc3cc(CNC(C)(C)C)ccc32)c(C)cc1Cl. The van der Waals surface area contributed by atoms with Gasteiger partial charge in [0.2, 0.25) is 15.9 Å². The van der Waals surface area contributed by atoms with E-state index in [9.17, 15) is 13.2 Å². The van der Waals surface area contributed by atoms with Crippen molar-refractivity contribution >= 4 is 27.5 Å². The minimum absolute atomic E-state index is 0.0513. The van der Waals surface area contributed by atoms with Crippen LogP contribution in [0.25, 0.3) is 0 Å². The number of carbonyl (C=O) groups is 1. The number of hydrogen-bond donors (Lipinski definition) is 3. The Morgan fingerprint density at radius 2 is 1.86 bits per heavy atom. The van der Waals surface area contributed by atoms with Crippen LogP contribution in [0.3, 0.4) is 0 Å². The molecule has 3 rings (SSSR count). The number of nitrogens with one attached hydrogen (secondary N) is 3. The van der Waals surface area contributed by atoms with E-state index in [2.05, 4.69) is 54.3 Å². The lowest BCUT2D eigenvalue weighted by atomic mass is 9.86. The van der Waals surface area contributed by atoms with E-state index >= 15 is 0 Å². The first-order valence-electron chi connectivity index (χ1n) is 12.2. The summed E-state index contributed by atoms with van der Waals surface area (Å²) in [4.78, 5) is 13.0. The van der Waals surface area contributed by atoms with Crippen molar-refractivity contribution in [3.63, 3.8) is 0 Å². The lowest BCUT2D eigenvalue weighted by Gasteiger charge is -2.28. The molecule has 2 aromatic carbocycles. The quantitative estimate of drug-likeness (QED) is 0.453. The fraction of sp³-hybridized carbons (Fsp3) is 0.519. The van der Waals surface area contributed by atoms with E-state index < -0.39 is 16.1 Å². The van der Waals surface area contributed by atoms with Crippen LogP contribution in [0.1, 0.15) is 80.8 Å². The van der Waals surface area contributed by atoms with Gasteiger partial charge < -0.3 is 10.6 Å². The lowest BCUT2D eigenvalue weighted by Crippen LogP contribution is -2.39. The maximum Gasteiger partial charge on any atom is 0.241 e. The van der Waals surface area contributed by atoms with Crippen molar-refractivity contribution in [2.24, 2.45) is 0 Å². The van der Waals surface area contributed by atoms with Crippen molar-refractivity contribution in [1.29, 1.82) is 0 Å². The van der Waals surface area contributed by atoms with Gasteiger partial charge in [-0.3, -0.25) is 4.79 Å². The summed E-state index contributed by atoms with van der Waals surface area (Å²) in [5.74, 6) is -0.166. The molecule has 0 bridgehead atoms. The zero-order valence-corrected chi connectivity index (χ0v) is 23.2. The predicted octanol–water partition coefficient (Wildman–Crippen LogP) is 5.10. The van der Waals surface area contributed by atoms with Gasteiger partial charge in [-0.25, -0.2) is 13.1 Å². The molecular weight excluding hydrogens is 482 g/mol. The van der Waals surface area contributed by atoms with Gasteiger partial charge in [0.15, 0.2) is 0 Å². The van der Waals surface area contributed by atoms with Gasteiger partial charge in [0, 0.05) is 29.6 Å². The van der Waals surface area contributed by atoms with Crippen LogP contribution in [0, 0.1) is 13.8 Å². The molecule has 0 fully saturated rings. The minimum Gasteiger partial charge on any atom is -0.349 e. The third kappa shape index (κ3) is 7.53. The molecule has 3 N–H and O–H groups in total. The van der Waals surface area contributed by atoms with Gasteiger partial charge >= 0.3 is 0 Å². The first-order valence-corrected chi connectivity index (χ1v) is 14.1. The normalized spacial score (nSPS) is 17.1. The second-order valence-electron chi connectivity index (χ2n) is 10.7. The van der Waals surface area contributed by atoms with Gasteiger partial charge in [-0.2, -0.15) is 0 Å². The molecule has 2 atom stereocenters. The summed E-state index contributed by atoms with van der Waals surface area (Å²) in [5, 5.41) is 7.17. The minimum atomic E-state index is -3.77. The number of fused-ring (bicyclic) bond motifs is 1. The molecule has 1 aliphatic rings. The zero-order valence-electron chi connectivity index (χ0n) is 21.6. The largest absolute Gasteiger partial charge is 0.349 e. The number of sulfonamides is 1. The highest BCUT2D eigenvalue weighted by Gasteiger charge is 2.25. The Kier molecular flexibility index (Phi) is 8.69. The van der Waals surface area contributed by atoms with Crippen LogP contribution in [-0.4, -0.2) is 25.9 Å². The highest BCUT2D eigenvalue weighted by Crippen LogP contribution is 2.31. The van der Waals surface area contributed by atoms with Crippen molar-refractivity contribution < 1.29 is 13.2 Å². The molecular formula is C27H38ClN3O3S. The van der Waals surface area contributed by atoms with E-state index in [0.717, 1.165) is 31.4 Å². The van der Waals surface area contributed by atoms with Crippen LogP contribution in [0.4, 0.5) is 0 Å². The molecule has 1 amide bonds. The summed E-state index contributed by atoms with van der Waals surface area (Å²) in [6.45, 7) is 12.4. The molecule has 35 heavy (non-hydrogen) atoms. The molecule has 6 nitrogen and oxygen atoms in total. The number of carbonyl (C=O) groups excluding carboxylic acids is 1. The summed E-state index contributed by atoms with van der Waals surface area (Å²) in [7, 11) is -3.77. The van der Waals surface area contributed by atoms with E-state index in [1.54, 1.807) is 32.9 Å². The molecule has 0 spiro atoms. The smallest absolute Gasteiger partial charge is 0.241 e. The number of amides is 1. The molecule has 1 aliphatic carbocycles. The molecule has 8 heteroatoms. The van der Waals surface area contributed by atoms with Crippen LogP contribution in [0.5, 0.6) is 0 Å². The van der Waals surface area contributed by atoms with Crippen LogP contribution in [-0.2, 0) is 27.8 Å². The second kappa shape index (κ2) is 11.0. The van der Waals surface area contributed by atoms with Crippen LogP contribution < -0.4 is 15.4 Å². The second-order valence-corrected chi connectivity index (χ2v) is 12.8. The first kappa shape index (κ1) is 27.7. The van der Waals surface area contributed by atoms with Crippen molar-refractivity contribution in [2.75, 3.05) is 0 Å². The third-order valence-corrected chi connectivity index (χ3v) is 8.41. The highest BCUT2D eigenvalue weighted by molar-refractivity contribution is 7.89. The van der Waals surface area contributed by atoms with Crippen LogP contribution in [0.2, 0.25) is 5.02 Å². The molecule has 0 aromatic heterocycles. The number of halogens is 1. The Bertz CT molecular complexity index is 1190. The van der Waals surface area contributed by atoms with E-state index in [-0.39, 0.29) is 28.8 Å². The zero-order chi connectivity index (χ0) is 26.0. The van der Waals surface area contributed by atoms with E-state index in [1.807, 2.05) is 0 Å². The fourth-order valence-electron chi connectivity index (χ4n) is 4.44. The van der Waals surface area contributed by atoms with Crippen LogP contribution >= 0.6 is 11.6 Å². The molecule has 0 saturated heterocycles.